The number of fused-ring (bicyclic) bond motifs is 1. The number of aromatic nitrogens is 2. The fraction of sp³-hybridized carbons (Fsp3) is 0.409. The van der Waals surface area contributed by atoms with Gasteiger partial charge in [0.1, 0.15) is 5.01 Å². The van der Waals surface area contributed by atoms with Gasteiger partial charge < -0.3 is 5.32 Å². The molecule has 3 amide bonds. The lowest BCUT2D eigenvalue weighted by Gasteiger charge is -2.38. The Morgan fingerprint density at radius 3 is 2.27 bits per heavy atom. The van der Waals surface area contributed by atoms with E-state index in [1.54, 1.807) is 0 Å². The molecule has 1 N–H and O–H groups in total. The number of carbonyl (C=O) groups excluding carboxylic acids is 3. The number of imide groups is 1. The van der Waals surface area contributed by atoms with Gasteiger partial charge in [0, 0.05) is 0 Å². The van der Waals surface area contributed by atoms with Crippen molar-refractivity contribution in [2.24, 2.45) is 23.7 Å². The Labute approximate surface area is 178 Å². The fourth-order valence-electron chi connectivity index (χ4n) is 5.13. The van der Waals surface area contributed by atoms with Gasteiger partial charge in [0.25, 0.3) is 0 Å². The number of likely N-dealkylation sites (tertiary alicyclic amines) is 1. The Bertz CT molecular complexity index is 1000. The summed E-state index contributed by atoms with van der Waals surface area (Å²) in [6, 6.07) is 8.69. The predicted octanol–water partition coefficient (Wildman–Crippen LogP) is 3.11. The topological polar surface area (TPSA) is 92.3 Å². The third-order valence-corrected chi connectivity index (χ3v) is 7.19. The van der Waals surface area contributed by atoms with Crippen molar-refractivity contribution < 1.29 is 14.4 Å². The maximum Gasteiger partial charge on any atom is 0.234 e. The number of aryl methyl sites for hydroxylation is 1. The Hall–Kier alpha value is -2.87. The number of anilines is 1. The van der Waals surface area contributed by atoms with Gasteiger partial charge in [-0.3, -0.25) is 19.3 Å². The number of nitrogens with one attached hydrogen (secondary N) is 1. The van der Waals surface area contributed by atoms with Gasteiger partial charge in [0.05, 0.1) is 24.3 Å². The highest BCUT2D eigenvalue weighted by Gasteiger charge is 2.58. The molecule has 5 atom stereocenters. The van der Waals surface area contributed by atoms with Gasteiger partial charge in [-0.1, -0.05) is 53.8 Å². The van der Waals surface area contributed by atoms with Crippen molar-refractivity contribution in [1.82, 2.24) is 15.1 Å². The number of benzene rings is 1. The Morgan fingerprint density at radius 1 is 1.10 bits per heavy atom. The molecule has 1 aromatic carbocycles. The second-order valence-corrected chi connectivity index (χ2v) is 9.37. The standard InChI is InChI=1S/C22H22N4O3S/c1-12-24-25-22(30-12)23-17(27)11-16(13-5-3-2-4-6-13)26-20(28)18-14-7-8-15(10-9-14)19(18)21(26)29/h2-8,14-16,18-19H,9-11H2,1H3,(H,23,25,27)/t14-,15-,16+,18-,19-/m0/s1. The van der Waals surface area contributed by atoms with E-state index < -0.39 is 6.04 Å². The highest BCUT2D eigenvalue weighted by atomic mass is 32.1. The maximum absolute atomic E-state index is 13.4. The molecule has 4 aliphatic rings. The highest BCUT2D eigenvalue weighted by Crippen LogP contribution is 2.51. The molecule has 154 valence electrons. The number of nitrogens with zero attached hydrogens (tertiary/aromatic N) is 3. The largest absolute Gasteiger partial charge is 0.300 e. The minimum atomic E-state index is -0.634. The first-order valence-corrected chi connectivity index (χ1v) is 11.0. The molecule has 1 aliphatic heterocycles. The van der Waals surface area contributed by atoms with Gasteiger partial charge in [-0.05, 0) is 37.2 Å². The van der Waals surface area contributed by atoms with Crippen LogP contribution in [-0.2, 0) is 14.4 Å². The van der Waals surface area contributed by atoms with Crippen molar-refractivity contribution in [3.63, 3.8) is 0 Å². The monoisotopic (exact) mass is 422 g/mol. The zero-order valence-corrected chi connectivity index (χ0v) is 17.3. The average Bonchev–Trinajstić information content (AvgIpc) is 3.29. The molecule has 0 spiro atoms. The van der Waals surface area contributed by atoms with Gasteiger partial charge in [-0.25, -0.2) is 0 Å². The van der Waals surface area contributed by atoms with E-state index in [0.29, 0.717) is 5.13 Å². The molecule has 6 rings (SSSR count). The van der Waals surface area contributed by atoms with Crippen LogP contribution in [0.15, 0.2) is 42.5 Å². The molecule has 0 radical (unpaired) electrons. The lowest BCUT2D eigenvalue weighted by atomic mass is 9.63. The first-order chi connectivity index (χ1) is 14.5. The molecule has 8 heteroatoms. The summed E-state index contributed by atoms with van der Waals surface area (Å²) in [5.74, 6) is -0.915. The van der Waals surface area contributed by atoms with Crippen LogP contribution >= 0.6 is 11.3 Å². The quantitative estimate of drug-likeness (QED) is 0.590. The average molecular weight is 423 g/mol. The lowest BCUT2D eigenvalue weighted by molar-refractivity contribution is -0.143. The first-order valence-electron chi connectivity index (χ1n) is 10.2. The van der Waals surface area contributed by atoms with E-state index >= 15 is 0 Å². The molecule has 2 heterocycles. The van der Waals surface area contributed by atoms with Crippen LogP contribution in [0.4, 0.5) is 5.13 Å². The highest BCUT2D eigenvalue weighted by molar-refractivity contribution is 7.15. The van der Waals surface area contributed by atoms with Gasteiger partial charge >= 0.3 is 0 Å². The predicted molar refractivity (Wildman–Crippen MR) is 111 cm³/mol. The molecule has 2 aromatic rings. The van der Waals surface area contributed by atoms with Gasteiger partial charge in [0.15, 0.2) is 0 Å². The summed E-state index contributed by atoms with van der Waals surface area (Å²) in [5.41, 5.74) is 0.779. The van der Waals surface area contributed by atoms with E-state index in [4.69, 9.17) is 0 Å². The molecule has 2 bridgehead atoms. The molecule has 0 unspecified atom stereocenters. The van der Waals surface area contributed by atoms with Crippen LogP contribution in [0, 0.1) is 30.6 Å². The van der Waals surface area contributed by atoms with E-state index in [0.717, 1.165) is 23.4 Å². The van der Waals surface area contributed by atoms with E-state index in [1.807, 2.05) is 37.3 Å². The van der Waals surface area contributed by atoms with E-state index in [9.17, 15) is 14.4 Å². The van der Waals surface area contributed by atoms with Crippen LogP contribution in [0.2, 0.25) is 0 Å². The van der Waals surface area contributed by atoms with Crippen LogP contribution < -0.4 is 5.32 Å². The van der Waals surface area contributed by atoms with Crippen molar-refractivity contribution in [2.75, 3.05) is 5.32 Å². The first kappa shape index (κ1) is 19.1. The summed E-state index contributed by atoms with van der Waals surface area (Å²) in [5, 5.41) is 11.8. The van der Waals surface area contributed by atoms with Gasteiger partial charge in [-0.15, -0.1) is 10.2 Å². The van der Waals surface area contributed by atoms with Crippen LogP contribution in [0.5, 0.6) is 0 Å². The Balaban J connectivity index is 1.44. The summed E-state index contributed by atoms with van der Waals surface area (Å²) in [7, 11) is 0. The van der Waals surface area contributed by atoms with Crippen LogP contribution in [0.1, 0.15) is 35.9 Å². The van der Waals surface area contributed by atoms with Gasteiger partial charge in [0.2, 0.25) is 22.9 Å². The summed E-state index contributed by atoms with van der Waals surface area (Å²) in [6.45, 7) is 1.81. The van der Waals surface area contributed by atoms with Crippen molar-refractivity contribution >= 4 is 34.2 Å². The van der Waals surface area contributed by atoms with Crippen molar-refractivity contribution in [3.05, 3.63) is 53.1 Å². The number of hydrogen-bond acceptors (Lipinski definition) is 6. The minimum Gasteiger partial charge on any atom is -0.300 e. The SMILES string of the molecule is Cc1nnc(NC(=O)C[C@H](c2ccccc2)N2C(=O)[C@@H]3[C@@H](C2=O)[C@H]2C=C[C@H]3CC2)s1. The second kappa shape index (κ2) is 7.43. The third kappa shape index (κ3) is 3.15. The number of rotatable bonds is 5. The number of amides is 3. The molecule has 7 nitrogen and oxygen atoms in total. The fourth-order valence-corrected chi connectivity index (χ4v) is 5.74. The van der Waals surface area contributed by atoms with Crippen molar-refractivity contribution in [1.29, 1.82) is 0 Å². The van der Waals surface area contributed by atoms with E-state index in [2.05, 4.69) is 27.7 Å². The molecule has 3 aliphatic carbocycles. The van der Waals surface area contributed by atoms with Crippen LogP contribution in [-0.4, -0.2) is 32.8 Å². The Morgan fingerprint density at radius 2 is 1.73 bits per heavy atom. The molecular formula is C22H22N4O3S. The van der Waals surface area contributed by atoms with E-state index in [1.165, 1.54) is 16.2 Å². The summed E-state index contributed by atoms with van der Waals surface area (Å²) in [6.07, 6.45) is 6.09. The summed E-state index contributed by atoms with van der Waals surface area (Å²) in [4.78, 5) is 41.0. The summed E-state index contributed by atoms with van der Waals surface area (Å²) >= 11 is 1.29. The molecule has 1 saturated carbocycles. The van der Waals surface area contributed by atoms with E-state index in [-0.39, 0.29) is 47.8 Å². The summed E-state index contributed by atoms with van der Waals surface area (Å²) < 4.78 is 0. The van der Waals surface area contributed by atoms with Crippen molar-refractivity contribution in [2.45, 2.75) is 32.2 Å². The molecular weight excluding hydrogens is 400 g/mol. The van der Waals surface area contributed by atoms with Gasteiger partial charge in [-0.2, -0.15) is 0 Å². The zero-order chi connectivity index (χ0) is 20.8. The van der Waals surface area contributed by atoms with Crippen LogP contribution in [0.3, 0.4) is 0 Å². The zero-order valence-electron chi connectivity index (χ0n) is 16.5. The molecule has 1 saturated heterocycles. The van der Waals surface area contributed by atoms with Crippen molar-refractivity contribution in [3.8, 4) is 0 Å². The third-order valence-electron chi connectivity index (χ3n) is 6.44. The number of carbonyl (C=O) groups is 3. The molecule has 1 aromatic heterocycles. The minimum absolute atomic E-state index is 0.0116. The molecule has 2 fully saturated rings. The lowest BCUT2D eigenvalue weighted by Crippen LogP contribution is -2.38. The smallest absolute Gasteiger partial charge is 0.234 e. The molecule has 30 heavy (non-hydrogen) atoms. The number of hydrogen-bond donors (Lipinski definition) is 1. The Kier molecular flexibility index (Phi) is 4.73. The number of allylic oxidation sites excluding steroid dienone is 2. The maximum atomic E-state index is 13.4. The normalized spacial score (nSPS) is 28.0. The second-order valence-electron chi connectivity index (χ2n) is 8.19. The van der Waals surface area contributed by atoms with Crippen LogP contribution in [0.25, 0.3) is 0 Å².